The number of nitrogens with zero attached hydrogens (tertiary/aromatic N) is 5. The first-order valence-corrected chi connectivity index (χ1v) is 27.3. The van der Waals surface area contributed by atoms with Crippen LogP contribution in [0.5, 0.6) is 0 Å². The molecule has 0 saturated carbocycles. The number of ether oxygens (including phenoxy) is 1. The van der Waals surface area contributed by atoms with E-state index in [0.717, 1.165) is 64.3 Å². The summed E-state index contributed by atoms with van der Waals surface area (Å²) in [5.74, 6) is -0.196. The van der Waals surface area contributed by atoms with Crippen molar-refractivity contribution in [1.29, 1.82) is 0 Å². The molecule has 76 heavy (non-hydrogen) atoms. The van der Waals surface area contributed by atoms with Crippen molar-refractivity contribution in [2.24, 2.45) is 0 Å². The van der Waals surface area contributed by atoms with Gasteiger partial charge in [0.15, 0.2) is 0 Å². The van der Waals surface area contributed by atoms with Crippen molar-refractivity contribution >= 4 is 116 Å². The molecule has 4 unspecified atom stereocenters. The van der Waals surface area contributed by atoms with E-state index in [1.165, 1.54) is 11.3 Å². The summed E-state index contributed by atoms with van der Waals surface area (Å²) < 4.78 is 5.58. The number of carbonyl (C=O) groups excluding carboxylic acids is 4. The van der Waals surface area contributed by atoms with Crippen molar-refractivity contribution in [3.05, 3.63) is 162 Å². The fourth-order valence-corrected chi connectivity index (χ4v) is 13.1. The highest BCUT2D eigenvalue weighted by molar-refractivity contribution is 6.41. The second-order valence-corrected chi connectivity index (χ2v) is 23.3. The molecule has 19 heteroatoms. The lowest BCUT2D eigenvalue weighted by molar-refractivity contribution is 0.0126. The summed E-state index contributed by atoms with van der Waals surface area (Å²) in [5, 5.41) is 12.1. The van der Waals surface area contributed by atoms with Crippen molar-refractivity contribution in [3.63, 3.8) is 0 Å². The van der Waals surface area contributed by atoms with Gasteiger partial charge in [-0.05, 0) is 111 Å². The van der Waals surface area contributed by atoms with Gasteiger partial charge in [0.1, 0.15) is 5.60 Å². The molecule has 4 saturated heterocycles. The van der Waals surface area contributed by atoms with Crippen LogP contribution >= 0.6 is 69.6 Å². The number of para-hydroxylation sites is 2. The minimum Gasteiger partial charge on any atom is -0.444 e. The number of piperazine rings is 2. The summed E-state index contributed by atoms with van der Waals surface area (Å²) in [6.45, 7) is 9.77. The Morgan fingerprint density at radius 1 is 0.579 bits per heavy atom. The fourth-order valence-electron chi connectivity index (χ4n) is 11.5. The molecule has 0 aromatic heterocycles. The number of benzene rings is 6. The smallest absolute Gasteiger partial charge is 0.410 e. The average Bonchev–Trinajstić information content (AvgIpc) is 4.22. The van der Waals surface area contributed by atoms with E-state index in [1.54, 1.807) is 63.2 Å². The number of hydrogen-bond acceptors (Lipinski definition) is 7. The van der Waals surface area contributed by atoms with Gasteiger partial charge in [0.2, 0.25) is 0 Å². The van der Waals surface area contributed by atoms with E-state index < -0.39 is 11.6 Å². The standard InChI is InChI=1S/C31H29Cl3N4O4.C26H23Cl3N4O/c1-31(2,3)42-30(41)37-16-18-13-19(37)15-36(18)28(39)17-11-21(20-7-4-5-8-23(20)32)22-14-35-29(40)38(26(22)12-17)27-24(33)9-6-10-25(27)34;27-21-5-2-1-4-18(21)19-8-15(13-32-14-16-10-17(32)11-30-16)9-24-20(19)12-31-26(34)33(24)25-22(28)6-3-7-23(25)29/h4-12,18-19H,13-16H2,1-3H3,(H,35,40);1-9,16-17,30H,10-14H2,(H,31,34). The third-order valence-corrected chi connectivity index (χ3v) is 16.7. The number of fused-ring (bicyclic) bond motifs is 6. The van der Waals surface area contributed by atoms with Crippen molar-refractivity contribution in [1.82, 2.24) is 30.7 Å². The molecule has 4 atom stereocenters. The van der Waals surface area contributed by atoms with Crippen LogP contribution in [-0.2, 0) is 24.4 Å². The largest absolute Gasteiger partial charge is 0.444 e. The van der Waals surface area contributed by atoms with Gasteiger partial charge in [0.25, 0.3) is 5.91 Å². The third-order valence-electron chi connectivity index (χ3n) is 14.8. The van der Waals surface area contributed by atoms with E-state index in [1.807, 2.05) is 69.3 Å². The van der Waals surface area contributed by atoms with Gasteiger partial charge in [-0.3, -0.25) is 19.5 Å². The second kappa shape index (κ2) is 20.9. The van der Waals surface area contributed by atoms with Crippen LogP contribution in [0, 0.1) is 0 Å². The summed E-state index contributed by atoms with van der Waals surface area (Å²) in [7, 11) is 0. The predicted octanol–water partition coefficient (Wildman–Crippen LogP) is 13.7. The Kier molecular flexibility index (Phi) is 14.4. The number of hydrogen-bond donors (Lipinski definition) is 3. The van der Waals surface area contributed by atoms with Gasteiger partial charge in [0.05, 0.1) is 54.9 Å². The zero-order valence-corrected chi connectivity index (χ0v) is 46.1. The van der Waals surface area contributed by atoms with Crippen molar-refractivity contribution in [2.45, 2.75) is 83.0 Å². The Labute approximate surface area is 470 Å². The molecule has 3 N–H and O–H groups in total. The van der Waals surface area contributed by atoms with Gasteiger partial charge < -0.3 is 30.5 Å². The molecular weight excluding hydrogens is 1090 g/mol. The van der Waals surface area contributed by atoms with E-state index in [2.05, 4.69) is 33.0 Å². The number of rotatable bonds is 7. The summed E-state index contributed by atoms with van der Waals surface area (Å²) in [6, 6.07) is 33.5. The number of nitrogens with one attached hydrogen (secondary N) is 3. The van der Waals surface area contributed by atoms with Gasteiger partial charge in [-0.2, -0.15) is 0 Å². The quantitative estimate of drug-likeness (QED) is 0.145. The normalized spacial score (nSPS) is 20.5. The van der Waals surface area contributed by atoms with Crippen LogP contribution in [-0.4, -0.2) is 94.7 Å². The molecule has 6 aliphatic rings. The lowest BCUT2D eigenvalue weighted by Gasteiger charge is -2.36. The maximum atomic E-state index is 14.1. The minimum absolute atomic E-state index is 0.126. The molecule has 0 aliphatic carbocycles. The van der Waals surface area contributed by atoms with E-state index >= 15 is 0 Å². The molecule has 6 heterocycles. The number of amides is 6. The minimum atomic E-state index is -0.602. The topological polar surface area (TPSA) is 130 Å². The SMILES string of the molecule is CC(C)(C)OC(=O)N1CC2CC1CN2C(=O)c1cc(-c2ccccc2Cl)c2c(c1)N(c1c(Cl)cccc1Cl)C(=O)NC2.O=C1NCc2c(-c3ccccc3Cl)cc(CN3CC4CC3CN4)cc2N1c1c(Cl)cccc1Cl. The van der Waals surface area contributed by atoms with Crippen LogP contribution in [0.15, 0.2) is 109 Å². The molecule has 0 spiro atoms. The number of urea groups is 2. The Balaban J connectivity index is 0.000000166. The number of halogens is 6. The second-order valence-electron chi connectivity index (χ2n) is 20.8. The highest BCUT2D eigenvalue weighted by atomic mass is 35.5. The molecule has 6 aliphatic heterocycles. The Hall–Kier alpha value is -5.74. The van der Waals surface area contributed by atoms with Gasteiger partial charge in [0, 0.05) is 95.8 Å². The van der Waals surface area contributed by atoms with E-state index in [4.69, 9.17) is 74.3 Å². The Morgan fingerprint density at radius 3 is 1.57 bits per heavy atom. The lowest BCUT2D eigenvalue weighted by Crippen LogP contribution is -2.51. The molecule has 6 aromatic rings. The van der Waals surface area contributed by atoms with Crippen LogP contribution in [0.4, 0.5) is 37.1 Å². The highest BCUT2D eigenvalue weighted by Crippen LogP contribution is 2.48. The fraction of sp³-hybridized carbons (Fsp3) is 0.298. The van der Waals surface area contributed by atoms with Gasteiger partial charge in [-0.15, -0.1) is 0 Å². The average molecular weight is 1140 g/mol. The Morgan fingerprint density at radius 2 is 1.08 bits per heavy atom. The van der Waals surface area contributed by atoms with E-state index in [-0.39, 0.29) is 36.7 Å². The molecule has 12 rings (SSSR count). The van der Waals surface area contributed by atoms with Crippen molar-refractivity contribution in [2.75, 3.05) is 36.0 Å². The monoisotopic (exact) mass is 1140 g/mol. The maximum Gasteiger partial charge on any atom is 0.410 e. The number of likely N-dealkylation sites (tertiary alicyclic amines) is 3. The maximum absolute atomic E-state index is 14.1. The third kappa shape index (κ3) is 9.94. The van der Waals surface area contributed by atoms with Crippen LogP contribution in [0.2, 0.25) is 30.1 Å². The first kappa shape index (κ1) is 52.3. The van der Waals surface area contributed by atoms with Gasteiger partial charge >= 0.3 is 18.2 Å². The summed E-state index contributed by atoms with van der Waals surface area (Å²) in [5.41, 5.74) is 8.15. The molecule has 6 aromatic carbocycles. The van der Waals surface area contributed by atoms with E-state index in [9.17, 15) is 19.2 Å². The predicted molar refractivity (Wildman–Crippen MR) is 302 cm³/mol. The van der Waals surface area contributed by atoms with Gasteiger partial charge in [-0.25, -0.2) is 14.4 Å². The molecule has 0 radical (unpaired) electrons. The molecule has 4 fully saturated rings. The molecular formula is C57H52Cl6N8O5. The molecule has 6 amide bonds. The highest BCUT2D eigenvalue weighted by Gasteiger charge is 2.49. The Bertz CT molecular complexity index is 3310. The molecule has 4 bridgehead atoms. The number of carbonyl (C=O) groups is 4. The van der Waals surface area contributed by atoms with E-state index in [0.29, 0.717) is 90.9 Å². The zero-order valence-electron chi connectivity index (χ0n) is 41.6. The van der Waals surface area contributed by atoms with Crippen LogP contribution in [0.25, 0.3) is 22.3 Å². The van der Waals surface area contributed by atoms with Crippen molar-refractivity contribution in [3.8, 4) is 22.3 Å². The van der Waals surface area contributed by atoms with Crippen molar-refractivity contribution < 1.29 is 23.9 Å². The van der Waals surface area contributed by atoms with Gasteiger partial charge in [-0.1, -0.05) is 118 Å². The van der Waals surface area contributed by atoms with Crippen LogP contribution in [0.3, 0.4) is 0 Å². The summed E-state index contributed by atoms with van der Waals surface area (Å²) in [6.07, 6.45) is 1.50. The lowest BCUT2D eigenvalue weighted by atomic mass is 9.93. The van der Waals surface area contributed by atoms with Crippen LogP contribution < -0.4 is 25.8 Å². The first-order chi connectivity index (χ1) is 36.4. The summed E-state index contributed by atoms with van der Waals surface area (Å²) >= 11 is 39.5. The molecule has 13 nitrogen and oxygen atoms in total. The molecule has 392 valence electrons. The zero-order chi connectivity index (χ0) is 53.3. The van der Waals surface area contributed by atoms with Crippen LogP contribution in [0.1, 0.15) is 60.7 Å². The summed E-state index contributed by atoms with van der Waals surface area (Å²) in [4.78, 5) is 62.5. The number of anilines is 4. The first-order valence-electron chi connectivity index (χ1n) is 25.1.